The molecule has 14 heavy (non-hydrogen) atoms. The molecule has 1 aromatic heterocycles. The minimum atomic E-state index is -0.238. The Labute approximate surface area is 89.4 Å². The molecule has 0 saturated carbocycles. The van der Waals surface area contributed by atoms with Crippen LogP contribution in [0.15, 0.2) is 21.2 Å². The van der Waals surface area contributed by atoms with Gasteiger partial charge in [-0.3, -0.25) is 5.32 Å². The van der Waals surface area contributed by atoms with Gasteiger partial charge in [0.25, 0.3) is 0 Å². The summed E-state index contributed by atoms with van der Waals surface area (Å²) in [6, 6.07) is 3.40. The van der Waals surface area contributed by atoms with E-state index in [2.05, 4.69) is 31.9 Å². The number of furan rings is 1. The number of carbonyl (C=O) groups excluding carboxylic acids is 1. The van der Waals surface area contributed by atoms with Gasteiger partial charge in [-0.05, 0) is 22.0 Å². The van der Waals surface area contributed by atoms with E-state index >= 15 is 0 Å². The Morgan fingerprint density at radius 1 is 1.57 bits per heavy atom. The molecule has 2 heterocycles. The van der Waals surface area contributed by atoms with Gasteiger partial charge in [-0.25, -0.2) is 4.79 Å². The molecule has 0 radical (unpaired) electrons. The SMILES string of the molecule is O=C(Nc1ccc(Br)o1)NC1CNC1. The summed E-state index contributed by atoms with van der Waals surface area (Å²) in [5.41, 5.74) is 0. The topological polar surface area (TPSA) is 66.3 Å². The first-order chi connectivity index (χ1) is 6.74. The van der Waals surface area contributed by atoms with Crippen molar-refractivity contribution in [1.82, 2.24) is 10.6 Å². The fourth-order valence-electron chi connectivity index (χ4n) is 1.11. The van der Waals surface area contributed by atoms with Crippen molar-refractivity contribution < 1.29 is 9.21 Å². The molecule has 1 aromatic rings. The van der Waals surface area contributed by atoms with Gasteiger partial charge in [0.1, 0.15) is 0 Å². The average molecular weight is 260 g/mol. The number of nitrogens with one attached hydrogen (secondary N) is 3. The predicted octanol–water partition coefficient (Wildman–Crippen LogP) is 1.14. The van der Waals surface area contributed by atoms with E-state index < -0.39 is 0 Å². The van der Waals surface area contributed by atoms with Crippen molar-refractivity contribution in [2.45, 2.75) is 6.04 Å². The maximum absolute atomic E-state index is 11.3. The molecule has 0 spiro atoms. The molecule has 0 unspecified atom stereocenters. The molecule has 2 amide bonds. The van der Waals surface area contributed by atoms with Crippen LogP contribution in [-0.2, 0) is 0 Å². The van der Waals surface area contributed by atoms with E-state index in [1.54, 1.807) is 12.1 Å². The van der Waals surface area contributed by atoms with Crippen LogP contribution < -0.4 is 16.0 Å². The molecule has 76 valence electrons. The molecule has 2 rings (SSSR count). The van der Waals surface area contributed by atoms with Gasteiger partial charge >= 0.3 is 6.03 Å². The molecular formula is C8H10BrN3O2. The minimum absolute atomic E-state index is 0.230. The molecule has 1 saturated heterocycles. The lowest BCUT2D eigenvalue weighted by molar-refractivity contribution is 0.242. The Morgan fingerprint density at radius 2 is 2.36 bits per heavy atom. The van der Waals surface area contributed by atoms with Crippen LogP contribution in [-0.4, -0.2) is 25.2 Å². The van der Waals surface area contributed by atoms with E-state index in [1.807, 2.05) is 0 Å². The third kappa shape index (κ3) is 2.27. The van der Waals surface area contributed by atoms with Crippen molar-refractivity contribution in [3.05, 3.63) is 16.8 Å². The fraction of sp³-hybridized carbons (Fsp3) is 0.375. The van der Waals surface area contributed by atoms with Crippen LogP contribution in [0.25, 0.3) is 0 Å². The van der Waals surface area contributed by atoms with Crippen LogP contribution in [0.4, 0.5) is 10.7 Å². The maximum Gasteiger partial charge on any atom is 0.321 e. The fourth-order valence-corrected chi connectivity index (χ4v) is 1.41. The second kappa shape index (κ2) is 4.02. The first-order valence-electron chi connectivity index (χ1n) is 4.27. The van der Waals surface area contributed by atoms with Gasteiger partial charge < -0.3 is 15.1 Å². The quantitative estimate of drug-likeness (QED) is 0.746. The van der Waals surface area contributed by atoms with Crippen molar-refractivity contribution in [3.63, 3.8) is 0 Å². The van der Waals surface area contributed by atoms with Crippen LogP contribution in [0, 0.1) is 0 Å². The molecule has 0 aliphatic carbocycles. The zero-order valence-electron chi connectivity index (χ0n) is 7.34. The third-order valence-electron chi connectivity index (χ3n) is 1.93. The zero-order valence-corrected chi connectivity index (χ0v) is 8.93. The van der Waals surface area contributed by atoms with Gasteiger partial charge in [-0.1, -0.05) is 0 Å². The lowest BCUT2D eigenvalue weighted by Crippen LogP contribution is -2.57. The number of hydrogen-bond acceptors (Lipinski definition) is 3. The summed E-state index contributed by atoms with van der Waals surface area (Å²) in [5, 5.41) is 8.43. The maximum atomic E-state index is 11.3. The van der Waals surface area contributed by atoms with E-state index in [4.69, 9.17) is 4.42 Å². The van der Waals surface area contributed by atoms with Gasteiger partial charge in [-0.2, -0.15) is 0 Å². The smallest absolute Gasteiger partial charge is 0.321 e. The molecule has 3 N–H and O–H groups in total. The van der Waals surface area contributed by atoms with Crippen LogP contribution in [0.3, 0.4) is 0 Å². The van der Waals surface area contributed by atoms with E-state index in [0.29, 0.717) is 10.6 Å². The number of rotatable bonds is 2. The van der Waals surface area contributed by atoms with Crippen molar-refractivity contribution in [3.8, 4) is 0 Å². The number of carbonyl (C=O) groups is 1. The summed E-state index contributed by atoms with van der Waals surface area (Å²) >= 11 is 3.15. The van der Waals surface area contributed by atoms with E-state index in [1.165, 1.54) is 0 Å². The molecule has 1 aliphatic heterocycles. The summed E-state index contributed by atoms with van der Waals surface area (Å²) < 4.78 is 5.71. The van der Waals surface area contributed by atoms with Crippen LogP contribution >= 0.6 is 15.9 Å². The van der Waals surface area contributed by atoms with Gasteiger partial charge in [0.05, 0.1) is 6.04 Å². The molecule has 1 aliphatic rings. The largest absolute Gasteiger partial charge is 0.434 e. The highest BCUT2D eigenvalue weighted by atomic mass is 79.9. The average Bonchev–Trinajstić information content (AvgIpc) is 2.44. The van der Waals surface area contributed by atoms with Crippen molar-refractivity contribution in [1.29, 1.82) is 0 Å². The highest BCUT2D eigenvalue weighted by molar-refractivity contribution is 9.10. The van der Waals surface area contributed by atoms with Crippen LogP contribution in [0.5, 0.6) is 0 Å². The van der Waals surface area contributed by atoms with Gasteiger partial charge in [0.2, 0.25) is 5.88 Å². The molecule has 1 fully saturated rings. The Kier molecular flexibility index (Phi) is 2.74. The molecule has 5 nitrogen and oxygen atoms in total. The van der Waals surface area contributed by atoms with Gasteiger partial charge in [0.15, 0.2) is 4.67 Å². The van der Waals surface area contributed by atoms with Crippen LogP contribution in [0.1, 0.15) is 0 Å². The molecule has 0 bridgehead atoms. The third-order valence-corrected chi connectivity index (χ3v) is 2.35. The normalized spacial score (nSPS) is 16.1. The number of hydrogen-bond donors (Lipinski definition) is 3. The Bertz CT molecular complexity index is 335. The first kappa shape index (κ1) is 9.54. The molecule has 6 heteroatoms. The van der Waals surface area contributed by atoms with Crippen molar-refractivity contribution in [2.75, 3.05) is 18.4 Å². The van der Waals surface area contributed by atoms with Crippen molar-refractivity contribution >= 4 is 27.8 Å². The summed E-state index contributed by atoms with van der Waals surface area (Å²) in [4.78, 5) is 11.3. The Morgan fingerprint density at radius 3 is 2.86 bits per heavy atom. The zero-order chi connectivity index (χ0) is 9.97. The summed E-state index contributed by atoms with van der Waals surface area (Å²) in [7, 11) is 0. The first-order valence-corrected chi connectivity index (χ1v) is 5.07. The van der Waals surface area contributed by atoms with E-state index in [0.717, 1.165) is 13.1 Å². The van der Waals surface area contributed by atoms with E-state index in [9.17, 15) is 4.79 Å². The second-order valence-corrected chi connectivity index (χ2v) is 3.84. The molecule has 0 aromatic carbocycles. The Balaban J connectivity index is 1.81. The summed E-state index contributed by atoms with van der Waals surface area (Å²) in [6.45, 7) is 1.66. The number of halogens is 1. The van der Waals surface area contributed by atoms with Crippen molar-refractivity contribution in [2.24, 2.45) is 0 Å². The minimum Gasteiger partial charge on any atom is -0.434 e. The Hall–Kier alpha value is -1.01. The molecule has 0 atom stereocenters. The standard InChI is InChI=1S/C8H10BrN3O2/c9-6-1-2-7(14-6)12-8(13)11-5-3-10-4-5/h1-2,5,10H,3-4H2,(H2,11,12,13). The monoisotopic (exact) mass is 259 g/mol. The summed E-state index contributed by atoms with van der Waals surface area (Å²) in [6.07, 6.45) is 0. The van der Waals surface area contributed by atoms with Crippen LogP contribution in [0.2, 0.25) is 0 Å². The van der Waals surface area contributed by atoms with Gasteiger partial charge in [0, 0.05) is 19.2 Å². The predicted molar refractivity (Wildman–Crippen MR) is 55.2 cm³/mol. The second-order valence-electron chi connectivity index (χ2n) is 3.06. The van der Waals surface area contributed by atoms with Gasteiger partial charge in [-0.15, -0.1) is 0 Å². The number of amides is 2. The number of anilines is 1. The van der Waals surface area contributed by atoms with E-state index in [-0.39, 0.29) is 12.1 Å². The summed E-state index contributed by atoms with van der Waals surface area (Å²) in [5.74, 6) is 0.432. The highest BCUT2D eigenvalue weighted by Gasteiger charge is 2.18. The lowest BCUT2D eigenvalue weighted by Gasteiger charge is -2.27. The lowest BCUT2D eigenvalue weighted by atomic mass is 10.2. The highest BCUT2D eigenvalue weighted by Crippen LogP contribution is 2.17. The molecular weight excluding hydrogens is 250 g/mol. The number of urea groups is 1.